The first-order chi connectivity index (χ1) is 14.9. The number of alkyl carbamates (subject to hydrolysis) is 1. The number of amides is 1. The van der Waals surface area contributed by atoms with E-state index in [1.807, 2.05) is 48.5 Å². The van der Waals surface area contributed by atoms with Crippen molar-refractivity contribution < 1.29 is 24.5 Å². The van der Waals surface area contributed by atoms with E-state index >= 15 is 0 Å². The van der Waals surface area contributed by atoms with Crippen LogP contribution in [-0.4, -0.2) is 34.9 Å². The van der Waals surface area contributed by atoms with Gasteiger partial charge < -0.3 is 20.3 Å². The Morgan fingerprint density at radius 3 is 2.19 bits per heavy atom. The van der Waals surface area contributed by atoms with Crippen LogP contribution >= 0.6 is 15.9 Å². The van der Waals surface area contributed by atoms with E-state index in [1.165, 1.54) is 6.07 Å². The quantitative estimate of drug-likeness (QED) is 0.474. The van der Waals surface area contributed by atoms with Crippen LogP contribution in [0, 0.1) is 0 Å². The number of aliphatic carboxylic acids is 1. The van der Waals surface area contributed by atoms with Crippen LogP contribution in [0.15, 0.2) is 71.2 Å². The second kappa shape index (κ2) is 8.81. The van der Waals surface area contributed by atoms with Gasteiger partial charge in [-0.2, -0.15) is 0 Å². The number of ether oxygens (including phenoxy) is 1. The second-order valence-corrected chi connectivity index (χ2v) is 8.20. The van der Waals surface area contributed by atoms with Gasteiger partial charge in [0, 0.05) is 12.3 Å². The number of halogens is 1. The van der Waals surface area contributed by atoms with Crippen molar-refractivity contribution in [3.8, 4) is 16.9 Å². The average Bonchev–Trinajstić information content (AvgIpc) is 3.08. The Morgan fingerprint density at radius 1 is 1.00 bits per heavy atom. The lowest BCUT2D eigenvalue weighted by Crippen LogP contribution is -2.42. The fraction of sp³-hybridized carbons (Fsp3) is 0.167. The minimum atomic E-state index is -1.17. The number of carbonyl (C=O) groups is 2. The number of carboxylic acid groups (broad SMARTS) is 1. The summed E-state index contributed by atoms with van der Waals surface area (Å²) in [5.74, 6) is -1.22. The monoisotopic (exact) mass is 481 g/mol. The molecule has 1 aliphatic carbocycles. The van der Waals surface area contributed by atoms with E-state index in [-0.39, 0.29) is 24.7 Å². The highest BCUT2D eigenvalue weighted by molar-refractivity contribution is 9.10. The third-order valence-corrected chi connectivity index (χ3v) is 6.02. The fourth-order valence-corrected chi connectivity index (χ4v) is 4.32. The number of phenols is 1. The highest BCUT2D eigenvalue weighted by Crippen LogP contribution is 2.44. The molecular formula is C24H20BrNO5. The normalized spacial score (nSPS) is 13.2. The molecule has 0 aliphatic heterocycles. The van der Waals surface area contributed by atoms with Gasteiger partial charge in [0.05, 0.1) is 4.47 Å². The molecule has 1 atom stereocenters. The summed E-state index contributed by atoms with van der Waals surface area (Å²) in [6.07, 6.45) is -0.731. The average molecular weight is 482 g/mol. The minimum Gasteiger partial charge on any atom is -0.507 e. The zero-order valence-corrected chi connectivity index (χ0v) is 18.0. The lowest BCUT2D eigenvalue weighted by Gasteiger charge is -2.17. The molecule has 0 fully saturated rings. The maximum absolute atomic E-state index is 12.4. The molecule has 0 saturated heterocycles. The van der Waals surface area contributed by atoms with Crippen molar-refractivity contribution in [2.24, 2.45) is 0 Å². The van der Waals surface area contributed by atoms with Gasteiger partial charge in [-0.1, -0.05) is 54.6 Å². The van der Waals surface area contributed by atoms with E-state index < -0.39 is 18.1 Å². The van der Waals surface area contributed by atoms with Crippen molar-refractivity contribution in [2.75, 3.05) is 6.61 Å². The lowest BCUT2D eigenvalue weighted by molar-refractivity contribution is -0.139. The molecular weight excluding hydrogens is 462 g/mol. The molecule has 4 rings (SSSR count). The lowest BCUT2D eigenvalue weighted by atomic mass is 9.98. The summed E-state index contributed by atoms with van der Waals surface area (Å²) in [7, 11) is 0. The molecule has 0 aromatic heterocycles. The number of aromatic hydroxyl groups is 1. The maximum atomic E-state index is 12.4. The third kappa shape index (κ3) is 4.41. The van der Waals surface area contributed by atoms with Crippen LogP contribution in [0.25, 0.3) is 11.1 Å². The predicted octanol–water partition coefficient (Wildman–Crippen LogP) is 4.69. The molecule has 3 aromatic carbocycles. The second-order valence-electron chi connectivity index (χ2n) is 7.35. The first-order valence-corrected chi connectivity index (χ1v) is 10.5. The van der Waals surface area contributed by atoms with Crippen LogP contribution in [0.5, 0.6) is 5.75 Å². The Kier molecular flexibility index (Phi) is 5.95. The number of nitrogens with one attached hydrogen (secondary N) is 1. The zero-order chi connectivity index (χ0) is 22.0. The first kappa shape index (κ1) is 20.9. The Bertz CT molecular complexity index is 1100. The van der Waals surface area contributed by atoms with Crippen molar-refractivity contribution in [3.63, 3.8) is 0 Å². The Labute approximate surface area is 187 Å². The summed E-state index contributed by atoms with van der Waals surface area (Å²) in [4.78, 5) is 24.1. The minimum absolute atomic E-state index is 0.0540. The molecule has 1 aliphatic rings. The van der Waals surface area contributed by atoms with Gasteiger partial charge in [-0.3, -0.25) is 0 Å². The summed E-state index contributed by atoms with van der Waals surface area (Å²) < 4.78 is 5.89. The number of hydrogen-bond donors (Lipinski definition) is 3. The highest BCUT2D eigenvalue weighted by Gasteiger charge is 2.29. The third-order valence-electron chi connectivity index (χ3n) is 5.39. The highest BCUT2D eigenvalue weighted by atomic mass is 79.9. The van der Waals surface area contributed by atoms with Crippen LogP contribution < -0.4 is 5.32 Å². The molecule has 0 unspecified atom stereocenters. The fourth-order valence-electron chi connectivity index (χ4n) is 3.90. The van der Waals surface area contributed by atoms with Gasteiger partial charge in [-0.05, 0) is 55.9 Å². The molecule has 7 heteroatoms. The van der Waals surface area contributed by atoms with Gasteiger partial charge in [0.2, 0.25) is 0 Å². The van der Waals surface area contributed by atoms with Crippen LogP contribution in [-0.2, 0) is 16.0 Å². The molecule has 6 nitrogen and oxygen atoms in total. The Balaban J connectivity index is 1.43. The van der Waals surface area contributed by atoms with E-state index in [0.29, 0.717) is 10.0 Å². The number of benzene rings is 3. The molecule has 3 aromatic rings. The van der Waals surface area contributed by atoms with Crippen LogP contribution in [0.2, 0.25) is 0 Å². The molecule has 0 spiro atoms. The van der Waals surface area contributed by atoms with Gasteiger partial charge in [0.15, 0.2) is 0 Å². The van der Waals surface area contributed by atoms with E-state index in [9.17, 15) is 19.8 Å². The van der Waals surface area contributed by atoms with E-state index in [2.05, 4.69) is 21.2 Å². The molecule has 0 saturated carbocycles. The van der Waals surface area contributed by atoms with E-state index in [0.717, 1.165) is 22.3 Å². The number of fused-ring (bicyclic) bond motifs is 3. The SMILES string of the molecule is O=C(N[C@@H](Cc1ccc(O)c(Br)c1)C(=O)O)OCC1c2ccccc2-c2ccccc21. The van der Waals surface area contributed by atoms with Gasteiger partial charge >= 0.3 is 12.1 Å². The number of carbonyl (C=O) groups excluding carboxylic acids is 1. The van der Waals surface area contributed by atoms with Crippen molar-refractivity contribution in [1.29, 1.82) is 0 Å². The molecule has 3 N–H and O–H groups in total. The molecule has 158 valence electrons. The molecule has 0 radical (unpaired) electrons. The van der Waals surface area contributed by atoms with Gasteiger partial charge in [0.25, 0.3) is 0 Å². The largest absolute Gasteiger partial charge is 0.507 e. The van der Waals surface area contributed by atoms with Gasteiger partial charge in [0.1, 0.15) is 18.4 Å². The Morgan fingerprint density at radius 2 is 1.61 bits per heavy atom. The van der Waals surface area contributed by atoms with E-state index in [1.54, 1.807) is 12.1 Å². The molecule has 1 amide bonds. The molecule has 0 heterocycles. The number of carboxylic acids is 1. The summed E-state index contributed by atoms with van der Waals surface area (Å²) in [5, 5.41) is 21.5. The summed E-state index contributed by atoms with van der Waals surface area (Å²) >= 11 is 3.20. The summed E-state index contributed by atoms with van der Waals surface area (Å²) in [5.41, 5.74) is 5.05. The van der Waals surface area contributed by atoms with Gasteiger partial charge in [-0.25, -0.2) is 9.59 Å². The molecule has 0 bridgehead atoms. The number of hydrogen-bond acceptors (Lipinski definition) is 4. The number of rotatable bonds is 6. The maximum Gasteiger partial charge on any atom is 0.407 e. The Hall–Kier alpha value is -3.32. The first-order valence-electron chi connectivity index (χ1n) is 9.75. The van der Waals surface area contributed by atoms with Crippen LogP contribution in [0.1, 0.15) is 22.6 Å². The smallest absolute Gasteiger partial charge is 0.407 e. The molecule has 31 heavy (non-hydrogen) atoms. The zero-order valence-electron chi connectivity index (χ0n) is 16.4. The van der Waals surface area contributed by atoms with Crippen LogP contribution in [0.4, 0.5) is 4.79 Å². The van der Waals surface area contributed by atoms with E-state index in [4.69, 9.17) is 4.74 Å². The number of phenolic OH excluding ortho intramolecular Hbond substituents is 1. The van der Waals surface area contributed by atoms with Crippen LogP contribution in [0.3, 0.4) is 0 Å². The van der Waals surface area contributed by atoms with Crippen molar-refractivity contribution in [2.45, 2.75) is 18.4 Å². The predicted molar refractivity (Wildman–Crippen MR) is 119 cm³/mol. The van der Waals surface area contributed by atoms with Crippen molar-refractivity contribution in [3.05, 3.63) is 87.9 Å². The van der Waals surface area contributed by atoms with Crippen molar-refractivity contribution >= 4 is 28.0 Å². The van der Waals surface area contributed by atoms with Crippen molar-refractivity contribution in [1.82, 2.24) is 5.32 Å². The topological polar surface area (TPSA) is 95.9 Å². The summed E-state index contributed by atoms with van der Waals surface area (Å²) in [6.45, 7) is 0.108. The summed E-state index contributed by atoms with van der Waals surface area (Å²) in [6, 6.07) is 19.5. The standard InChI is InChI=1S/C24H20BrNO5/c25-20-11-14(9-10-22(20)27)12-21(23(28)29)26-24(30)31-13-19-17-7-3-1-5-15(17)16-6-2-4-8-18(16)19/h1-11,19,21,27H,12-13H2,(H,26,30)(H,28,29)/t21-/m0/s1. The van der Waals surface area contributed by atoms with Gasteiger partial charge in [-0.15, -0.1) is 0 Å².